The van der Waals surface area contributed by atoms with Crippen molar-refractivity contribution in [2.45, 2.75) is 41.5 Å². The second-order valence-corrected chi connectivity index (χ2v) is 5.34. The van der Waals surface area contributed by atoms with Crippen molar-refractivity contribution in [3.8, 4) is 0 Å². The van der Waals surface area contributed by atoms with Crippen molar-refractivity contribution in [2.24, 2.45) is 9.98 Å². The van der Waals surface area contributed by atoms with E-state index in [0.717, 1.165) is 0 Å². The van der Waals surface area contributed by atoms with Crippen LogP contribution in [0.25, 0.3) is 0 Å². The molecule has 0 saturated heterocycles. The maximum absolute atomic E-state index is 8.21. The highest BCUT2D eigenvalue weighted by Crippen LogP contribution is 2.19. The molecule has 2 aromatic carbocycles. The Labute approximate surface area is 142 Å². The highest BCUT2D eigenvalue weighted by molar-refractivity contribution is 6.41. The monoisotopic (exact) mass is 298 g/mol. The van der Waals surface area contributed by atoms with Gasteiger partial charge < -0.3 is 0 Å². The Bertz CT molecular complexity index is 896. The van der Waals surface area contributed by atoms with E-state index in [1.54, 1.807) is 41.5 Å². The lowest BCUT2D eigenvalue weighted by atomic mass is 10.1. The lowest BCUT2D eigenvalue weighted by Gasteiger charge is -2.05. The van der Waals surface area contributed by atoms with E-state index >= 15 is 0 Å². The summed E-state index contributed by atoms with van der Waals surface area (Å²) in [6, 6.07) is 0.522. The van der Waals surface area contributed by atoms with Gasteiger partial charge in [0, 0.05) is 0 Å². The van der Waals surface area contributed by atoms with E-state index in [1.807, 2.05) is 0 Å². The molecule has 2 rings (SSSR count). The zero-order chi connectivity index (χ0) is 21.5. The van der Waals surface area contributed by atoms with Crippen LogP contribution in [0.2, 0.25) is 0 Å². The summed E-state index contributed by atoms with van der Waals surface area (Å²) in [5, 5.41) is 0. The van der Waals surface area contributed by atoms with E-state index in [0.29, 0.717) is 33.7 Å². The number of rotatable bonds is 3. The van der Waals surface area contributed by atoms with Crippen LogP contribution in [0.15, 0.2) is 46.2 Å². The largest absolute Gasteiger partial charge is 0.252 e. The first kappa shape index (κ1) is 9.73. The van der Waals surface area contributed by atoms with Gasteiger partial charge in [-0.05, 0) is 88.0 Å². The van der Waals surface area contributed by atoms with Crippen LogP contribution in [0.5, 0.6) is 0 Å². The molecule has 0 N–H and O–H groups in total. The van der Waals surface area contributed by atoms with Gasteiger partial charge >= 0.3 is 0 Å². The predicted molar refractivity (Wildman–Crippen MR) is 97.4 cm³/mol. The molecule has 0 amide bonds. The number of nitrogens with zero attached hydrogens (tertiary/aromatic N) is 2. The molecule has 0 heterocycles. The Morgan fingerprint density at radius 1 is 0.636 bits per heavy atom. The summed E-state index contributed by atoms with van der Waals surface area (Å²) in [4.78, 5) is 8.81. The average molecular weight is 298 g/mol. The molecule has 0 aromatic heterocycles. The minimum atomic E-state index is 0.0420. The second-order valence-electron chi connectivity index (χ2n) is 5.34. The number of benzene rings is 2. The summed E-state index contributed by atoms with van der Waals surface area (Å²) in [5.41, 5.74) is 3.16. The third kappa shape index (κ3) is 4.39. The highest BCUT2D eigenvalue weighted by Gasteiger charge is 2.01. The fraction of sp³-hybridized carbons (Fsp3) is 0.300. The molecule has 0 unspecified atom stereocenters. The third-order valence-corrected chi connectivity index (χ3v) is 3.06. The molecular weight excluding hydrogens is 268 g/mol. The number of aliphatic imine (C=N–C) groups is 2. The van der Waals surface area contributed by atoms with Crippen molar-refractivity contribution in [1.29, 1.82) is 0 Å². The average Bonchev–Trinajstić information content (AvgIpc) is 2.67. The van der Waals surface area contributed by atoms with Crippen molar-refractivity contribution in [1.82, 2.24) is 0 Å². The smallest absolute Gasteiger partial charge is 0.0648 e. The maximum Gasteiger partial charge on any atom is 0.0648 e. The molecule has 0 aliphatic carbocycles. The van der Waals surface area contributed by atoms with Gasteiger partial charge in [0.1, 0.15) is 0 Å². The molecule has 0 fully saturated rings. The van der Waals surface area contributed by atoms with Gasteiger partial charge in [-0.1, -0.05) is 12.1 Å². The van der Waals surface area contributed by atoms with Crippen LogP contribution < -0.4 is 0 Å². The molecule has 0 aliphatic heterocycles. The van der Waals surface area contributed by atoms with Crippen LogP contribution in [0, 0.1) is 27.7 Å². The number of hydrogen-bond donors (Lipinski definition) is 0. The molecule has 0 atom stereocenters. The van der Waals surface area contributed by atoms with Crippen LogP contribution in [0.1, 0.15) is 44.3 Å². The molecule has 0 spiro atoms. The minimum absolute atomic E-state index is 0.0420. The second kappa shape index (κ2) is 6.69. The maximum atomic E-state index is 8.21. The summed E-state index contributed by atoms with van der Waals surface area (Å²) in [5.74, 6) is 0. The molecule has 0 radical (unpaired) electrons. The fourth-order valence-corrected chi connectivity index (χ4v) is 2.07. The van der Waals surface area contributed by atoms with Crippen LogP contribution in [-0.4, -0.2) is 11.4 Å². The van der Waals surface area contributed by atoms with Crippen molar-refractivity contribution < 1.29 is 8.22 Å². The fourth-order valence-electron chi connectivity index (χ4n) is 2.07. The molecule has 2 aromatic rings. The third-order valence-electron chi connectivity index (χ3n) is 3.06. The van der Waals surface area contributed by atoms with Crippen molar-refractivity contribution in [3.63, 3.8) is 0 Å². The molecule has 2 heteroatoms. The molecule has 2 nitrogen and oxygen atoms in total. The minimum Gasteiger partial charge on any atom is -0.252 e. The van der Waals surface area contributed by atoms with Crippen LogP contribution in [-0.2, 0) is 0 Å². The summed E-state index contributed by atoms with van der Waals surface area (Å²) in [7, 11) is 0. The molecule has 0 aliphatic rings. The Morgan fingerprint density at radius 3 is 1.18 bits per heavy atom. The SMILES string of the molecule is [2H]c1c(C)c([2H])c(N=C(C)C(C)=Nc2c([2H])c(C)c([2H])c(C)c2[2H])c([2H])c1C. The van der Waals surface area contributed by atoms with E-state index in [9.17, 15) is 0 Å². The summed E-state index contributed by atoms with van der Waals surface area (Å²) in [6.07, 6.45) is 0. The van der Waals surface area contributed by atoms with Gasteiger partial charge in [-0.25, -0.2) is 0 Å². The highest BCUT2D eigenvalue weighted by atomic mass is 14.8. The standard InChI is InChI=1S/C20H24N2/c1-13-7-14(2)10-19(9-13)21-17(5)18(6)22-20-11-15(3)8-16(4)12-20/h7-12H,1-6H3/i7D,8D,9D,10D,11D,12D. The van der Waals surface area contributed by atoms with Gasteiger partial charge in [0.15, 0.2) is 0 Å². The Hall–Kier alpha value is -2.22. The van der Waals surface area contributed by atoms with Crippen molar-refractivity contribution >= 4 is 22.8 Å². The molecule has 114 valence electrons. The Morgan fingerprint density at radius 2 is 0.909 bits per heavy atom. The first-order chi connectivity index (χ1) is 12.9. The predicted octanol–water partition coefficient (Wildman–Crippen LogP) is 5.81. The quantitative estimate of drug-likeness (QED) is 0.639. The van der Waals surface area contributed by atoms with E-state index < -0.39 is 0 Å². The Kier molecular flexibility index (Phi) is 2.96. The molecular formula is C20H24N2. The van der Waals surface area contributed by atoms with E-state index in [4.69, 9.17) is 8.22 Å². The topological polar surface area (TPSA) is 24.7 Å². The lowest BCUT2D eigenvalue weighted by Crippen LogP contribution is -2.04. The molecule has 22 heavy (non-hydrogen) atoms. The van der Waals surface area contributed by atoms with Gasteiger partial charge in [-0.2, -0.15) is 0 Å². The van der Waals surface area contributed by atoms with Crippen LogP contribution in [0.4, 0.5) is 11.4 Å². The first-order valence-corrected chi connectivity index (χ1v) is 7.14. The van der Waals surface area contributed by atoms with Crippen molar-refractivity contribution in [2.75, 3.05) is 0 Å². The Balaban J connectivity index is 2.63. The van der Waals surface area contributed by atoms with E-state index in [-0.39, 0.29) is 47.6 Å². The van der Waals surface area contributed by atoms with Gasteiger partial charge in [-0.3, -0.25) is 9.98 Å². The van der Waals surface area contributed by atoms with Crippen molar-refractivity contribution in [3.05, 3.63) is 58.5 Å². The lowest BCUT2D eigenvalue weighted by molar-refractivity contribution is 1.35. The van der Waals surface area contributed by atoms with Crippen LogP contribution in [0.3, 0.4) is 0 Å². The first-order valence-electron chi connectivity index (χ1n) is 10.1. The zero-order valence-corrected chi connectivity index (χ0v) is 13.9. The van der Waals surface area contributed by atoms with Gasteiger partial charge in [0.05, 0.1) is 31.0 Å². The normalized spacial score (nSPS) is 16.5. The molecule has 0 saturated carbocycles. The van der Waals surface area contributed by atoms with E-state index in [2.05, 4.69) is 9.98 Å². The number of hydrogen-bond acceptors (Lipinski definition) is 2. The summed E-state index contributed by atoms with van der Waals surface area (Å²) >= 11 is 0. The summed E-state index contributed by atoms with van der Waals surface area (Å²) < 4.78 is 48.8. The summed E-state index contributed by atoms with van der Waals surface area (Å²) in [6.45, 7) is 10.1. The zero-order valence-electron chi connectivity index (χ0n) is 19.9. The van der Waals surface area contributed by atoms with Gasteiger partial charge in [-0.15, -0.1) is 0 Å². The van der Waals surface area contributed by atoms with E-state index in [1.165, 1.54) is 0 Å². The van der Waals surface area contributed by atoms with Gasteiger partial charge in [0.2, 0.25) is 0 Å². The molecule has 0 bridgehead atoms. The van der Waals surface area contributed by atoms with Gasteiger partial charge in [0.25, 0.3) is 0 Å². The van der Waals surface area contributed by atoms with Crippen LogP contribution >= 0.6 is 0 Å².